The molecule has 1 atom stereocenters. The molecule has 7 heteroatoms. The van der Waals surface area contributed by atoms with Crippen molar-refractivity contribution < 1.29 is 14.2 Å². The van der Waals surface area contributed by atoms with Crippen LogP contribution in [0.3, 0.4) is 0 Å². The zero-order valence-corrected chi connectivity index (χ0v) is 13.8. The van der Waals surface area contributed by atoms with E-state index in [2.05, 4.69) is 4.99 Å². The van der Waals surface area contributed by atoms with Gasteiger partial charge in [0.25, 0.3) is 0 Å². The van der Waals surface area contributed by atoms with E-state index in [-0.39, 0.29) is 12.9 Å². The molecule has 2 aliphatic heterocycles. The molecule has 0 aliphatic carbocycles. The molecular formula is C15H19ClN2O3S. The molecule has 3 rings (SSSR count). The molecule has 0 unspecified atom stereocenters. The quantitative estimate of drug-likeness (QED) is 0.673. The van der Waals surface area contributed by atoms with Gasteiger partial charge in [-0.2, -0.15) is 0 Å². The molecule has 0 amide bonds. The average Bonchev–Trinajstić information content (AvgIpc) is 3.04. The summed E-state index contributed by atoms with van der Waals surface area (Å²) in [4.78, 5) is 4.39. The minimum absolute atomic E-state index is 0.221. The standard InChI is InChI=1S/C15H19ClN2O3S/c16-12-4-10-7-19-9-21-14(10)11(5-12)8-22-15(17)18-6-13-2-1-3-20-13/h4-5,13H,1-3,6-9H2,(H2,17,18)/t13-/m1/s1. The summed E-state index contributed by atoms with van der Waals surface area (Å²) in [5.74, 6) is 1.53. The highest BCUT2D eigenvalue weighted by Crippen LogP contribution is 2.33. The van der Waals surface area contributed by atoms with Crippen molar-refractivity contribution in [2.75, 3.05) is 19.9 Å². The van der Waals surface area contributed by atoms with Crippen LogP contribution in [0.2, 0.25) is 5.02 Å². The maximum atomic E-state index is 6.15. The molecule has 120 valence electrons. The average molecular weight is 343 g/mol. The molecule has 22 heavy (non-hydrogen) atoms. The third-order valence-electron chi connectivity index (χ3n) is 3.60. The predicted molar refractivity (Wildman–Crippen MR) is 88.5 cm³/mol. The molecular weight excluding hydrogens is 324 g/mol. The molecule has 1 aromatic rings. The normalized spacial score (nSPS) is 21.5. The molecule has 0 bridgehead atoms. The van der Waals surface area contributed by atoms with Gasteiger partial charge in [0, 0.05) is 28.5 Å². The molecule has 2 heterocycles. The SMILES string of the molecule is NC(=NC[C@H]1CCCO1)SCc1cc(Cl)cc2c1OCOC2. The lowest BCUT2D eigenvalue weighted by Crippen LogP contribution is -2.15. The number of hydrogen-bond acceptors (Lipinski definition) is 5. The Balaban J connectivity index is 1.60. The number of halogens is 1. The number of nitrogens with two attached hydrogens (primary N) is 1. The first-order valence-corrected chi connectivity index (χ1v) is 8.65. The molecule has 2 aliphatic rings. The first-order chi connectivity index (χ1) is 10.7. The van der Waals surface area contributed by atoms with Crippen molar-refractivity contribution >= 4 is 28.5 Å². The monoisotopic (exact) mass is 342 g/mol. The highest BCUT2D eigenvalue weighted by atomic mass is 35.5. The van der Waals surface area contributed by atoms with Crippen molar-refractivity contribution in [2.24, 2.45) is 10.7 Å². The predicted octanol–water partition coefficient (Wildman–Crippen LogP) is 2.93. The largest absolute Gasteiger partial charge is 0.467 e. The Kier molecular flexibility index (Phi) is 5.46. The molecule has 1 saturated heterocycles. The molecule has 5 nitrogen and oxygen atoms in total. The van der Waals surface area contributed by atoms with Crippen molar-refractivity contribution in [2.45, 2.75) is 31.3 Å². The fourth-order valence-electron chi connectivity index (χ4n) is 2.54. The van der Waals surface area contributed by atoms with Crippen molar-refractivity contribution in [1.82, 2.24) is 0 Å². The van der Waals surface area contributed by atoms with Crippen LogP contribution in [0.25, 0.3) is 0 Å². The fourth-order valence-corrected chi connectivity index (χ4v) is 3.49. The summed E-state index contributed by atoms with van der Waals surface area (Å²) in [6, 6.07) is 3.78. The topological polar surface area (TPSA) is 66.1 Å². The van der Waals surface area contributed by atoms with Gasteiger partial charge in [-0.15, -0.1) is 0 Å². The first-order valence-electron chi connectivity index (χ1n) is 7.28. The van der Waals surface area contributed by atoms with Crippen molar-refractivity contribution in [3.63, 3.8) is 0 Å². The highest BCUT2D eigenvalue weighted by Gasteiger charge is 2.17. The number of amidine groups is 1. The second kappa shape index (κ2) is 7.55. The molecule has 1 fully saturated rings. The molecule has 0 aromatic heterocycles. The summed E-state index contributed by atoms with van der Waals surface area (Å²) in [6.45, 7) is 2.27. The second-order valence-corrected chi connectivity index (χ2v) is 6.70. The number of hydrogen-bond donors (Lipinski definition) is 1. The van der Waals surface area contributed by atoms with Crippen molar-refractivity contribution in [1.29, 1.82) is 0 Å². The number of thioether (sulfide) groups is 1. The van der Waals surface area contributed by atoms with Crippen LogP contribution in [0.4, 0.5) is 0 Å². The zero-order valence-electron chi connectivity index (χ0n) is 12.2. The summed E-state index contributed by atoms with van der Waals surface area (Å²) in [5.41, 5.74) is 7.97. The van der Waals surface area contributed by atoms with Crippen LogP contribution in [0, 0.1) is 0 Å². The van der Waals surface area contributed by atoms with E-state index in [1.54, 1.807) is 0 Å². The lowest BCUT2D eigenvalue weighted by molar-refractivity contribution is -0.0168. The number of rotatable bonds is 4. The maximum absolute atomic E-state index is 6.15. The van der Waals surface area contributed by atoms with Gasteiger partial charge in [0.15, 0.2) is 12.0 Å². The third kappa shape index (κ3) is 4.07. The molecule has 1 aromatic carbocycles. The Morgan fingerprint density at radius 3 is 3.18 bits per heavy atom. The third-order valence-corrected chi connectivity index (χ3v) is 4.70. The van der Waals surface area contributed by atoms with Crippen LogP contribution < -0.4 is 10.5 Å². The van der Waals surface area contributed by atoms with E-state index in [1.807, 2.05) is 12.1 Å². The van der Waals surface area contributed by atoms with Crippen molar-refractivity contribution in [3.05, 3.63) is 28.3 Å². The molecule has 2 N–H and O–H groups in total. The van der Waals surface area contributed by atoms with Crippen LogP contribution in [0.1, 0.15) is 24.0 Å². The zero-order chi connectivity index (χ0) is 15.4. The summed E-state index contributed by atoms with van der Waals surface area (Å²) in [6.07, 6.45) is 2.40. The lowest BCUT2D eigenvalue weighted by Gasteiger charge is -2.21. The number of aliphatic imine (C=N–C) groups is 1. The summed E-state index contributed by atoms with van der Waals surface area (Å²) >= 11 is 7.63. The number of ether oxygens (including phenoxy) is 3. The van der Waals surface area contributed by atoms with Crippen LogP contribution in [-0.4, -0.2) is 31.2 Å². The summed E-state index contributed by atoms with van der Waals surface area (Å²) in [7, 11) is 0. The number of fused-ring (bicyclic) bond motifs is 1. The van der Waals surface area contributed by atoms with E-state index in [0.29, 0.717) is 29.1 Å². The van der Waals surface area contributed by atoms with Crippen LogP contribution in [0.5, 0.6) is 5.75 Å². The van der Waals surface area contributed by atoms with Crippen LogP contribution in [-0.2, 0) is 21.8 Å². The minimum Gasteiger partial charge on any atom is -0.467 e. The highest BCUT2D eigenvalue weighted by molar-refractivity contribution is 8.13. The van der Waals surface area contributed by atoms with Gasteiger partial charge < -0.3 is 19.9 Å². The van der Waals surface area contributed by atoms with Gasteiger partial charge in [-0.05, 0) is 25.0 Å². The van der Waals surface area contributed by atoms with Gasteiger partial charge in [-0.3, -0.25) is 4.99 Å². The Morgan fingerprint density at radius 1 is 1.45 bits per heavy atom. The summed E-state index contributed by atoms with van der Waals surface area (Å²) < 4.78 is 16.4. The van der Waals surface area contributed by atoms with Gasteiger partial charge in [-0.25, -0.2) is 0 Å². The van der Waals surface area contributed by atoms with Gasteiger partial charge in [0.05, 0.1) is 19.3 Å². The smallest absolute Gasteiger partial charge is 0.189 e. The molecule has 0 saturated carbocycles. The van der Waals surface area contributed by atoms with Gasteiger partial charge in [0.1, 0.15) is 5.75 Å². The molecule has 0 radical (unpaired) electrons. The van der Waals surface area contributed by atoms with E-state index >= 15 is 0 Å². The number of nitrogens with zero attached hydrogens (tertiary/aromatic N) is 1. The first kappa shape index (κ1) is 15.9. The Bertz CT molecular complexity index is 562. The van der Waals surface area contributed by atoms with Crippen molar-refractivity contribution in [3.8, 4) is 5.75 Å². The Hall–Kier alpha value is -0.950. The lowest BCUT2D eigenvalue weighted by atomic mass is 10.1. The van der Waals surface area contributed by atoms with Crippen LogP contribution in [0.15, 0.2) is 17.1 Å². The number of benzene rings is 1. The minimum atomic E-state index is 0.221. The summed E-state index contributed by atoms with van der Waals surface area (Å²) in [5, 5.41) is 1.25. The fraction of sp³-hybridized carbons (Fsp3) is 0.533. The van der Waals surface area contributed by atoms with Gasteiger partial charge in [-0.1, -0.05) is 23.4 Å². The van der Waals surface area contributed by atoms with E-state index < -0.39 is 0 Å². The van der Waals surface area contributed by atoms with Gasteiger partial charge >= 0.3 is 0 Å². The Morgan fingerprint density at radius 2 is 2.36 bits per heavy atom. The Labute approximate surface area is 139 Å². The van der Waals surface area contributed by atoms with E-state index in [0.717, 1.165) is 36.3 Å². The maximum Gasteiger partial charge on any atom is 0.189 e. The van der Waals surface area contributed by atoms with Gasteiger partial charge in [0.2, 0.25) is 0 Å². The second-order valence-electron chi connectivity index (χ2n) is 5.27. The van der Waals surface area contributed by atoms with E-state index in [1.165, 1.54) is 11.8 Å². The van der Waals surface area contributed by atoms with E-state index in [4.69, 9.17) is 31.5 Å². The van der Waals surface area contributed by atoms with E-state index in [9.17, 15) is 0 Å². The van der Waals surface area contributed by atoms with Crippen LogP contribution >= 0.6 is 23.4 Å². The molecule has 0 spiro atoms.